The monoisotopic (exact) mass is 250 g/mol. The zero-order chi connectivity index (χ0) is 13.7. The lowest BCUT2D eigenvalue weighted by molar-refractivity contribution is -0.116. The Balaban J connectivity index is 2.65. The molecule has 1 aromatic rings. The van der Waals surface area contributed by atoms with Crippen LogP contribution < -0.4 is 11.1 Å². The lowest BCUT2D eigenvalue weighted by Crippen LogP contribution is -2.16. The van der Waals surface area contributed by atoms with Gasteiger partial charge >= 0.3 is 0 Å². The molecule has 0 heterocycles. The molecule has 0 aliphatic rings. The molecule has 0 aliphatic heterocycles. The number of aryl methyl sites for hydroxylation is 2. The van der Waals surface area contributed by atoms with Crippen molar-refractivity contribution in [3.63, 3.8) is 0 Å². The number of benzene rings is 1. The number of aromatic hydroxyl groups is 1. The van der Waals surface area contributed by atoms with E-state index in [9.17, 15) is 9.90 Å². The molecule has 0 spiro atoms. The third-order valence-electron chi connectivity index (χ3n) is 2.99. The number of rotatable bonds is 5. The van der Waals surface area contributed by atoms with Crippen LogP contribution in [0.25, 0.3) is 0 Å². The quantitative estimate of drug-likeness (QED) is 0.702. The van der Waals surface area contributed by atoms with Crippen molar-refractivity contribution in [1.82, 2.24) is 0 Å². The van der Waals surface area contributed by atoms with E-state index in [4.69, 9.17) is 5.73 Å². The zero-order valence-corrected chi connectivity index (χ0v) is 11.3. The number of nitrogens with one attached hydrogen (secondary N) is 1. The Bertz CT molecular complexity index is 430. The molecule has 4 heteroatoms. The molecule has 0 saturated carbocycles. The third-order valence-corrected chi connectivity index (χ3v) is 2.99. The van der Waals surface area contributed by atoms with Crippen molar-refractivity contribution in [2.75, 3.05) is 11.9 Å². The highest BCUT2D eigenvalue weighted by Gasteiger charge is 2.10. The summed E-state index contributed by atoms with van der Waals surface area (Å²) in [5, 5.41) is 12.6. The predicted molar refractivity (Wildman–Crippen MR) is 73.7 cm³/mol. The van der Waals surface area contributed by atoms with Gasteiger partial charge in [-0.15, -0.1) is 0 Å². The second kappa shape index (κ2) is 6.40. The first-order chi connectivity index (χ1) is 8.43. The normalized spacial score (nSPS) is 12.2. The highest BCUT2D eigenvalue weighted by Crippen LogP contribution is 2.28. The summed E-state index contributed by atoms with van der Waals surface area (Å²) < 4.78 is 0. The van der Waals surface area contributed by atoms with Crippen molar-refractivity contribution < 1.29 is 9.90 Å². The predicted octanol–water partition coefficient (Wildman–Crippen LogP) is 2.32. The van der Waals surface area contributed by atoms with Gasteiger partial charge in [0.1, 0.15) is 5.75 Å². The van der Waals surface area contributed by atoms with Gasteiger partial charge in [-0.2, -0.15) is 0 Å². The molecule has 1 rings (SSSR count). The lowest BCUT2D eigenvalue weighted by atomic mass is 10.1. The van der Waals surface area contributed by atoms with Crippen LogP contribution in [0.3, 0.4) is 0 Å². The molecule has 0 bridgehead atoms. The summed E-state index contributed by atoms with van der Waals surface area (Å²) >= 11 is 0. The standard InChI is InChI=1S/C14H22N2O2/c1-9(8-15)4-5-13(17)16-12-7-10(2)6-11(3)14(12)18/h6-7,9,18H,4-5,8,15H2,1-3H3,(H,16,17). The van der Waals surface area contributed by atoms with E-state index in [1.807, 2.05) is 26.8 Å². The number of amides is 1. The lowest BCUT2D eigenvalue weighted by Gasteiger charge is -2.12. The molecule has 1 amide bonds. The second-order valence-electron chi connectivity index (χ2n) is 4.91. The minimum atomic E-state index is -0.0874. The molecule has 0 aromatic heterocycles. The first kappa shape index (κ1) is 14.5. The maximum Gasteiger partial charge on any atom is 0.224 e. The summed E-state index contributed by atoms with van der Waals surface area (Å²) in [4.78, 5) is 11.7. The third kappa shape index (κ3) is 4.04. The Morgan fingerprint density at radius 2 is 2.11 bits per heavy atom. The van der Waals surface area contributed by atoms with Gasteiger partial charge in [0.2, 0.25) is 5.91 Å². The molecule has 1 unspecified atom stereocenters. The Labute approximate surface area is 108 Å². The average molecular weight is 250 g/mol. The van der Waals surface area contributed by atoms with Crippen molar-refractivity contribution in [3.05, 3.63) is 23.3 Å². The van der Waals surface area contributed by atoms with Crippen molar-refractivity contribution >= 4 is 11.6 Å². The second-order valence-corrected chi connectivity index (χ2v) is 4.91. The topological polar surface area (TPSA) is 75.3 Å². The first-order valence-electron chi connectivity index (χ1n) is 6.24. The number of carbonyl (C=O) groups is 1. The summed E-state index contributed by atoms with van der Waals surface area (Å²) in [6.45, 7) is 6.34. The number of anilines is 1. The van der Waals surface area contributed by atoms with E-state index in [0.29, 0.717) is 24.6 Å². The average Bonchev–Trinajstić information content (AvgIpc) is 2.32. The highest BCUT2D eigenvalue weighted by atomic mass is 16.3. The fourth-order valence-electron chi connectivity index (χ4n) is 1.76. The van der Waals surface area contributed by atoms with Crippen molar-refractivity contribution in [2.45, 2.75) is 33.6 Å². The number of hydrogen-bond donors (Lipinski definition) is 3. The van der Waals surface area contributed by atoms with E-state index in [2.05, 4.69) is 5.32 Å². The number of hydrogen-bond acceptors (Lipinski definition) is 3. The molecule has 4 N–H and O–H groups in total. The van der Waals surface area contributed by atoms with E-state index in [1.54, 1.807) is 6.07 Å². The van der Waals surface area contributed by atoms with Crippen LogP contribution in [0.15, 0.2) is 12.1 Å². The molecule has 1 aromatic carbocycles. The molecule has 0 aliphatic carbocycles. The van der Waals surface area contributed by atoms with E-state index < -0.39 is 0 Å². The van der Waals surface area contributed by atoms with Crippen LogP contribution in [0.1, 0.15) is 30.9 Å². The minimum absolute atomic E-state index is 0.0874. The van der Waals surface area contributed by atoms with Gasteiger partial charge in [0.15, 0.2) is 0 Å². The van der Waals surface area contributed by atoms with Crippen molar-refractivity contribution in [2.24, 2.45) is 11.7 Å². The molecular formula is C14H22N2O2. The van der Waals surface area contributed by atoms with Gasteiger partial charge in [0, 0.05) is 6.42 Å². The van der Waals surface area contributed by atoms with Crippen LogP contribution in [0.4, 0.5) is 5.69 Å². The Kier molecular flexibility index (Phi) is 5.16. The van der Waals surface area contributed by atoms with Gasteiger partial charge in [-0.1, -0.05) is 13.0 Å². The van der Waals surface area contributed by atoms with E-state index >= 15 is 0 Å². The van der Waals surface area contributed by atoms with Crippen LogP contribution in [-0.4, -0.2) is 17.6 Å². The van der Waals surface area contributed by atoms with Crippen molar-refractivity contribution in [3.8, 4) is 5.75 Å². The van der Waals surface area contributed by atoms with Crippen LogP contribution in [0.5, 0.6) is 5.75 Å². The molecule has 1 atom stereocenters. The van der Waals surface area contributed by atoms with Crippen LogP contribution >= 0.6 is 0 Å². The summed E-state index contributed by atoms with van der Waals surface area (Å²) in [7, 11) is 0. The summed E-state index contributed by atoms with van der Waals surface area (Å²) in [5.74, 6) is 0.389. The van der Waals surface area contributed by atoms with Crippen LogP contribution in [-0.2, 0) is 4.79 Å². The first-order valence-corrected chi connectivity index (χ1v) is 6.24. The number of phenolic OH excluding ortho intramolecular Hbond substituents is 1. The van der Waals surface area contributed by atoms with Gasteiger partial charge in [0.05, 0.1) is 5.69 Å². The van der Waals surface area contributed by atoms with E-state index in [1.165, 1.54) is 0 Å². The maximum absolute atomic E-state index is 11.7. The number of phenols is 1. The number of carbonyl (C=O) groups excluding carboxylic acids is 1. The molecule has 0 saturated heterocycles. The summed E-state index contributed by atoms with van der Waals surface area (Å²) in [6, 6.07) is 3.65. The molecule has 0 fully saturated rings. The van der Waals surface area contributed by atoms with Crippen LogP contribution in [0, 0.1) is 19.8 Å². The van der Waals surface area contributed by atoms with Gasteiger partial charge in [-0.05, 0) is 49.9 Å². The van der Waals surface area contributed by atoms with E-state index in [0.717, 1.165) is 17.5 Å². The molecule has 4 nitrogen and oxygen atoms in total. The maximum atomic E-state index is 11.7. The van der Waals surface area contributed by atoms with Crippen molar-refractivity contribution in [1.29, 1.82) is 0 Å². The fourth-order valence-corrected chi connectivity index (χ4v) is 1.76. The Hall–Kier alpha value is -1.55. The van der Waals surface area contributed by atoms with Gasteiger partial charge in [0.25, 0.3) is 0 Å². The summed E-state index contributed by atoms with van der Waals surface area (Å²) in [6.07, 6.45) is 1.18. The Morgan fingerprint density at radius 1 is 1.44 bits per heavy atom. The fraction of sp³-hybridized carbons (Fsp3) is 0.500. The van der Waals surface area contributed by atoms with Gasteiger partial charge < -0.3 is 16.2 Å². The molecule has 0 radical (unpaired) electrons. The van der Waals surface area contributed by atoms with Gasteiger partial charge in [-0.3, -0.25) is 4.79 Å². The zero-order valence-electron chi connectivity index (χ0n) is 11.3. The van der Waals surface area contributed by atoms with E-state index in [-0.39, 0.29) is 11.7 Å². The smallest absolute Gasteiger partial charge is 0.224 e. The largest absolute Gasteiger partial charge is 0.505 e. The summed E-state index contributed by atoms with van der Waals surface area (Å²) in [5.41, 5.74) is 7.76. The highest BCUT2D eigenvalue weighted by molar-refractivity contribution is 5.92. The Morgan fingerprint density at radius 3 is 2.72 bits per heavy atom. The molecular weight excluding hydrogens is 228 g/mol. The number of nitrogens with two attached hydrogens (primary N) is 1. The molecule has 100 valence electrons. The molecule has 18 heavy (non-hydrogen) atoms. The SMILES string of the molecule is Cc1cc(C)c(O)c(NC(=O)CCC(C)CN)c1. The minimum Gasteiger partial charge on any atom is -0.505 e. The van der Waals surface area contributed by atoms with Crippen LogP contribution in [0.2, 0.25) is 0 Å². The van der Waals surface area contributed by atoms with Gasteiger partial charge in [-0.25, -0.2) is 0 Å².